The second-order valence-corrected chi connectivity index (χ2v) is 5.76. The zero-order valence-electron chi connectivity index (χ0n) is 12.6. The topological polar surface area (TPSA) is 48.5 Å². The third-order valence-corrected chi connectivity index (χ3v) is 3.82. The number of pyridine rings is 1. The third-order valence-electron chi connectivity index (χ3n) is 3.82. The summed E-state index contributed by atoms with van der Waals surface area (Å²) in [5, 5.41) is 3.43. The third kappa shape index (κ3) is 3.93. The lowest BCUT2D eigenvalue weighted by Gasteiger charge is -2.29. The Kier molecular flexibility index (Phi) is 4.95. The molecule has 20 heavy (non-hydrogen) atoms. The minimum atomic E-state index is -0.0621. The number of anilines is 1. The van der Waals surface area contributed by atoms with Crippen LogP contribution in [-0.2, 0) is 0 Å². The van der Waals surface area contributed by atoms with Crippen molar-refractivity contribution < 1.29 is 4.79 Å². The molecule has 0 radical (unpaired) electrons. The van der Waals surface area contributed by atoms with E-state index in [0.29, 0.717) is 11.6 Å². The van der Waals surface area contributed by atoms with Crippen molar-refractivity contribution in [3.05, 3.63) is 24.0 Å². The number of amides is 1. The number of carbonyl (C=O) groups is 1. The predicted octanol–water partition coefficient (Wildman–Crippen LogP) is 1.54. The fraction of sp³-hybridized carbons (Fsp3) is 0.600. The number of nitrogens with zero attached hydrogens (tertiary/aromatic N) is 3. The van der Waals surface area contributed by atoms with Crippen molar-refractivity contribution in [3.63, 3.8) is 0 Å². The van der Waals surface area contributed by atoms with Gasteiger partial charge in [-0.1, -0.05) is 0 Å². The van der Waals surface area contributed by atoms with Gasteiger partial charge in [0.15, 0.2) is 0 Å². The van der Waals surface area contributed by atoms with Crippen LogP contribution in [0, 0.1) is 5.92 Å². The Labute approximate surface area is 121 Å². The molecular formula is C15H24N4O. The molecule has 0 spiro atoms. The molecule has 0 atom stereocenters. The van der Waals surface area contributed by atoms with Crippen molar-refractivity contribution in [1.29, 1.82) is 0 Å². The first kappa shape index (κ1) is 14.8. The summed E-state index contributed by atoms with van der Waals surface area (Å²) in [7, 11) is 5.65. The van der Waals surface area contributed by atoms with E-state index < -0.39 is 0 Å². The number of hydrogen-bond acceptors (Lipinski definition) is 4. The lowest BCUT2D eigenvalue weighted by atomic mass is 9.97. The first-order valence-corrected chi connectivity index (χ1v) is 7.16. The summed E-state index contributed by atoms with van der Waals surface area (Å²) in [6.45, 7) is 3.31. The molecule has 0 unspecified atom stereocenters. The van der Waals surface area contributed by atoms with Gasteiger partial charge in [0.1, 0.15) is 5.69 Å². The molecule has 5 heteroatoms. The van der Waals surface area contributed by atoms with Crippen molar-refractivity contribution >= 4 is 11.6 Å². The molecule has 1 aromatic heterocycles. The Bertz CT molecular complexity index is 453. The number of hydrogen-bond donors (Lipinski definition) is 1. The zero-order chi connectivity index (χ0) is 14.5. The van der Waals surface area contributed by atoms with Gasteiger partial charge in [-0.3, -0.25) is 9.78 Å². The van der Waals surface area contributed by atoms with Gasteiger partial charge in [-0.25, -0.2) is 0 Å². The lowest BCUT2D eigenvalue weighted by Crippen LogP contribution is -2.33. The van der Waals surface area contributed by atoms with E-state index in [2.05, 4.69) is 22.2 Å². The molecule has 5 nitrogen and oxygen atoms in total. The van der Waals surface area contributed by atoms with Gasteiger partial charge in [0.25, 0.3) is 5.91 Å². The smallest absolute Gasteiger partial charge is 0.272 e. The highest BCUT2D eigenvalue weighted by atomic mass is 16.2. The molecule has 0 saturated carbocycles. The van der Waals surface area contributed by atoms with E-state index in [1.807, 2.05) is 12.1 Å². The summed E-state index contributed by atoms with van der Waals surface area (Å²) in [5.41, 5.74) is 1.47. The van der Waals surface area contributed by atoms with E-state index in [0.717, 1.165) is 12.2 Å². The van der Waals surface area contributed by atoms with E-state index in [-0.39, 0.29) is 5.91 Å². The van der Waals surface area contributed by atoms with E-state index in [1.165, 1.54) is 25.9 Å². The number of piperidine rings is 1. The molecule has 110 valence electrons. The van der Waals surface area contributed by atoms with Crippen LogP contribution in [0.1, 0.15) is 23.3 Å². The Morgan fingerprint density at radius 3 is 2.80 bits per heavy atom. The molecule has 0 bridgehead atoms. The molecule has 1 aliphatic heterocycles. The number of carbonyl (C=O) groups excluding carboxylic acids is 1. The highest BCUT2D eigenvalue weighted by molar-refractivity contribution is 5.92. The summed E-state index contributed by atoms with van der Waals surface area (Å²) < 4.78 is 0. The van der Waals surface area contributed by atoms with Crippen molar-refractivity contribution in [3.8, 4) is 0 Å². The van der Waals surface area contributed by atoms with Gasteiger partial charge in [-0.15, -0.1) is 0 Å². The summed E-state index contributed by atoms with van der Waals surface area (Å²) in [6, 6.07) is 3.75. The molecule has 1 amide bonds. The van der Waals surface area contributed by atoms with Crippen LogP contribution in [0.3, 0.4) is 0 Å². The SMILES string of the molecule is CN1CCC(CNc2ccnc(C(=O)N(C)C)c2)CC1. The Hall–Kier alpha value is -1.62. The maximum Gasteiger partial charge on any atom is 0.272 e. The highest BCUT2D eigenvalue weighted by Gasteiger charge is 2.16. The van der Waals surface area contributed by atoms with Gasteiger partial charge in [-0.05, 0) is 51.0 Å². The van der Waals surface area contributed by atoms with Crippen LogP contribution in [0.4, 0.5) is 5.69 Å². The maximum atomic E-state index is 11.9. The fourth-order valence-electron chi connectivity index (χ4n) is 2.41. The largest absolute Gasteiger partial charge is 0.385 e. The van der Waals surface area contributed by atoms with E-state index in [9.17, 15) is 4.79 Å². The number of rotatable bonds is 4. The minimum Gasteiger partial charge on any atom is -0.385 e. The van der Waals surface area contributed by atoms with Crippen LogP contribution in [0.5, 0.6) is 0 Å². The Morgan fingerprint density at radius 1 is 1.45 bits per heavy atom. The molecule has 2 rings (SSSR count). The molecule has 1 aromatic rings. The zero-order valence-corrected chi connectivity index (χ0v) is 12.6. The summed E-state index contributed by atoms with van der Waals surface area (Å²) in [4.78, 5) is 19.9. The minimum absolute atomic E-state index is 0.0621. The first-order valence-electron chi connectivity index (χ1n) is 7.16. The van der Waals surface area contributed by atoms with Crippen LogP contribution in [-0.4, -0.2) is 61.5 Å². The summed E-state index contributed by atoms with van der Waals surface area (Å²) >= 11 is 0. The van der Waals surface area contributed by atoms with E-state index >= 15 is 0 Å². The van der Waals surface area contributed by atoms with Gasteiger partial charge < -0.3 is 15.1 Å². The molecule has 0 aliphatic carbocycles. The van der Waals surface area contributed by atoms with Crippen LogP contribution in [0.25, 0.3) is 0 Å². The molecule has 2 heterocycles. The van der Waals surface area contributed by atoms with Gasteiger partial charge in [-0.2, -0.15) is 0 Å². The second-order valence-electron chi connectivity index (χ2n) is 5.76. The number of likely N-dealkylation sites (tertiary alicyclic amines) is 1. The van der Waals surface area contributed by atoms with Crippen LogP contribution >= 0.6 is 0 Å². The molecule has 1 saturated heterocycles. The van der Waals surface area contributed by atoms with Gasteiger partial charge in [0.2, 0.25) is 0 Å². The second kappa shape index (κ2) is 6.70. The van der Waals surface area contributed by atoms with Crippen LogP contribution in [0.2, 0.25) is 0 Å². The number of aromatic nitrogens is 1. The first-order chi connectivity index (χ1) is 9.56. The molecule has 1 N–H and O–H groups in total. The normalized spacial score (nSPS) is 16.9. The lowest BCUT2D eigenvalue weighted by molar-refractivity contribution is 0.0822. The van der Waals surface area contributed by atoms with Crippen molar-refractivity contribution in [2.24, 2.45) is 5.92 Å². The van der Waals surface area contributed by atoms with Gasteiger partial charge >= 0.3 is 0 Å². The fourth-order valence-corrected chi connectivity index (χ4v) is 2.41. The van der Waals surface area contributed by atoms with E-state index in [4.69, 9.17) is 0 Å². The van der Waals surface area contributed by atoms with Crippen LogP contribution in [0.15, 0.2) is 18.3 Å². The standard InChI is InChI=1S/C15H24N4O/c1-18(2)15(20)14-10-13(4-7-16-14)17-11-12-5-8-19(3)9-6-12/h4,7,10,12H,5-6,8-9,11H2,1-3H3,(H,16,17). The van der Waals surface area contributed by atoms with Gasteiger partial charge in [0, 0.05) is 32.5 Å². The summed E-state index contributed by atoms with van der Waals surface area (Å²) in [6.07, 6.45) is 4.16. The highest BCUT2D eigenvalue weighted by Crippen LogP contribution is 2.17. The van der Waals surface area contributed by atoms with Crippen molar-refractivity contribution in [1.82, 2.24) is 14.8 Å². The van der Waals surface area contributed by atoms with Gasteiger partial charge in [0.05, 0.1) is 0 Å². The number of nitrogens with one attached hydrogen (secondary N) is 1. The average molecular weight is 276 g/mol. The summed E-state index contributed by atoms with van der Waals surface area (Å²) in [5.74, 6) is 0.653. The van der Waals surface area contributed by atoms with Crippen molar-refractivity contribution in [2.75, 3.05) is 46.1 Å². The molecule has 0 aromatic carbocycles. The quantitative estimate of drug-likeness (QED) is 0.906. The molecule has 1 aliphatic rings. The predicted molar refractivity (Wildman–Crippen MR) is 81.0 cm³/mol. The monoisotopic (exact) mass is 276 g/mol. The Balaban J connectivity index is 1.90. The molecule has 1 fully saturated rings. The van der Waals surface area contributed by atoms with Crippen LogP contribution < -0.4 is 5.32 Å². The maximum absolute atomic E-state index is 11.9. The molecular weight excluding hydrogens is 252 g/mol. The average Bonchev–Trinajstić information content (AvgIpc) is 2.46. The van der Waals surface area contributed by atoms with E-state index in [1.54, 1.807) is 25.2 Å². The van der Waals surface area contributed by atoms with Crippen molar-refractivity contribution in [2.45, 2.75) is 12.8 Å². The Morgan fingerprint density at radius 2 is 2.15 bits per heavy atom.